The molecule has 25 heavy (non-hydrogen) atoms. The SMILES string of the molecule is CO[C@@H]1C[C@@H](c2nncn2C)N(C(=O)COc2cc(C)ccc2C)C1. The van der Waals surface area contributed by atoms with Crippen LogP contribution in [0.2, 0.25) is 0 Å². The number of amides is 1. The molecule has 1 aliphatic rings. The monoisotopic (exact) mass is 344 g/mol. The van der Waals surface area contributed by atoms with E-state index in [4.69, 9.17) is 9.47 Å². The Morgan fingerprint density at radius 1 is 1.36 bits per heavy atom. The van der Waals surface area contributed by atoms with E-state index in [9.17, 15) is 4.79 Å². The van der Waals surface area contributed by atoms with Crippen molar-refractivity contribution in [2.24, 2.45) is 7.05 Å². The topological polar surface area (TPSA) is 69.5 Å². The Morgan fingerprint density at radius 3 is 2.84 bits per heavy atom. The molecule has 7 heteroatoms. The van der Waals surface area contributed by atoms with Gasteiger partial charge in [0.25, 0.3) is 5.91 Å². The number of aryl methyl sites for hydroxylation is 3. The van der Waals surface area contributed by atoms with Crippen molar-refractivity contribution in [2.45, 2.75) is 32.4 Å². The van der Waals surface area contributed by atoms with Crippen LogP contribution >= 0.6 is 0 Å². The number of ether oxygens (including phenoxy) is 2. The standard InChI is InChI=1S/C18H24N4O3/c1-12-5-6-13(2)16(7-12)25-10-17(23)22-9-14(24-4)8-15(22)18-20-19-11-21(18)3/h5-7,11,14-15H,8-10H2,1-4H3/t14-,15+/m1/s1. The van der Waals surface area contributed by atoms with Crippen LogP contribution in [0.3, 0.4) is 0 Å². The molecule has 0 spiro atoms. The molecule has 1 aromatic heterocycles. The summed E-state index contributed by atoms with van der Waals surface area (Å²) in [4.78, 5) is 14.6. The highest BCUT2D eigenvalue weighted by molar-refractivity contribution is 5.78. The maximum atomic E-state index is 12.8. The number of likely N-dealkylation sites (tertiary alicyclic amines) is 1. The van der Waals surface area contributed by atoms with Gasteiger partial charge in [-0.3, -0.25) is 4.79 Å². The molecule has 3 rings (SSSR count). The summed E-state index contributed by atoms with van der Waals surface area (Å²) in [5.74, 6) is 1.43. The first kappa shape index (κ1) is 17.4. The molecule has 1 fully saturated rings. The first-order chi connectivity index (χ1) is 12.0. The van der Waals surface area contributed by atoms with E-state index >= 15 is 0 Å². The molecule has 1 aromatic carbocycles. The lowest BCUT2D eigenvalue weighted by molar-refractivity contribution is -0.134. The van der Waals surface area contributed by atoms with Gasteiger partial charge in [-0.1, -0.05) is 12.1 Å². The highest BCUT2D eigenvalue weighted by atomic mass is 16.5. The number of aromatic nitrogens is 3. The molecule has 2 heterocycles. The third kappa shape index (κ3) is 3.66. The number of hydrogen-bond acceptors (Lipinski definition) is 5. The lowest BCUT2D eigenvalue weighted by atomic mass is 10.1. The van der Waals surface area contributed by atoms with Crippen molar-refractivity contribution in [2.75, 3.05) is 20.3 Å². The third-order valence-electron chi connectivity index (χ3n) is 4.66. The minimum absolute atomic E-state index is 0.00488. The van der Waals surface area contributed by atoms with Gasteiger partial charge in [-0.15, -0.1) is 10.2 Å². The molecule has 7 nitrogen and oxygen atoms in total. The van der Waals surface area contributed by atoms with Gasteiger partial charge in [-0.2, -0.15) is 0 Å². The Hall–Kier alpha value is -2.41. The van der Waals surface area contributed by atoms with Gasteiger partial charge >= 0.3 is 0 Å². The van der Waals surface area contributed by atoms with Gasteiger partial charge in [-0.05, 0) is 31.0 Å². The Labute approximate surface area is 147 Å². The number of benzene rings is 1. The van der Waals surface area contributed by atoms with Gasteiger partial charge in [-0.25, -0.2) is 0 Å². The first-order valence-corrected chi connectivity index (χ1v) is 8.35. The number of hydrogen-bond donors (Lipinski definition) is 0. The molecule has 0 radical (unpaired) electrons. The summed E-state index contributed by atoms with van der Waals surface area (Å²) in [6, 6.07) is 5.82. The zero-order valence-corrected chi connectivity index (χ0v) is 15.1. The molecule has 0 N–H and O–H groups in total. The molecule has 1 aliphatic heterocycles. The van der Waals surface area contributed by atoms with Gasteiger partial charge in [0.2, 0.25) is 0 Å². The maximum Gasteiger partial charge on any atom is 0.261 e. The Balaban J connectivity index is 1.73. The predicted octanol–water partition coefficient (Wildman–Crippen LogP) is 1.80. The summed E-state index contributed by atoms with van der Waals surface area (Å²) < 4.78 is 13.1. The van der Waals surface area contributed by atoms with Crippen molar-refractivity contribution in [1.29, 1.82) is 0 Å². The van der Waals surface area contributed by atoms with Crippen LogP contribution in [0.5, 0.6) is 5.75 Å². The number of rotatable bonds is 5. The van der Waals surface area contributed by atoms with Crippen LogP contribution in [-0.2, 0) is 16.6 Å². The molecule has 0 aliphatic carbocycles. The summed E-state index contributed by atoms with van der Waals surface area (Å²) >= 11 is 0. The summed E-state index contributed by atoms with van der Waals surface area (Å²) in [5, 5.41) is 8.09. The van der Waals surface area contributed by atoms with Crippen LogP contribution in [0.4, 0.5) is 0 Å². The lowest BCUT2D eigenvalue weighted by Gasteiger charge is -2.23. The zero-order valence-electron chi connectivity index (χ0n) is 15.1. The Bertz CT molecular complexity index is 759. The van der Waals surface area contributed by atoms with Gasteiger partial charge in [0, 0.05) is 27.1 Å². The normalized spacial score (nSPS) is 20.1. The molecule has 2 aromatic rings. The molecule has 2 atom stereocenters. The average Bonchev–Trinajstić information content (AvgIpc) is 3.21. The van der Waals surface area contributed by atoms with Gasteiger partial charge in [0.05, 0.1) is 12.1 Å². The minimum Gasteiger partial charge on any atom is -0.483 e. The number of carbonyl (C=O) groups excluding carboxylic acids is 1. The van der Waals surface area contributed by atoms with E-state index in [1.54, 1.807) is 18.3 Å². The summed E-state index contributed by atoms with van der Waals surface area (Å²) in [6.07, 6.45) is 2.34. The van der Waals surface area contributed by atoms with Crippen LogP contribution in [-0.4, -0.2) is 51.9 Å². The smallest absolute Gasteiger partial charge is 0.261 e. The fourth-order valence-electron chi connectivity index (χ4n) is 3.17. The molecular formula is C18H24N4O3. The molecule has 0 bridgehead atoms. The van der Waals surface area contributed by atoms with E-state index in [1.807, 2.05) is 43.7 Å². The quantitative estimate of drug-likeness (QED) is 0.827. The fourth-order valence-corrected chi connectivity index (χ4v) is 3.17. The van der Waals surface area contributed by atoms with E-state index < -0.39 is 0 Å². The summed E-state index contributed by atoms with van der Waals surface area (Å²) in [7, 11) is 3.55. The Morgan fingerprint density at radius 2 is 2.16 bits per heavy atom. The van der Waals surface area contributed by atoms with E-state index in [-0.39, 0.29) is 24.7 Å². The van der Waals surface area contributed by atoms with Crippen molar-refractivity contribution >= 4 is 5.91 Å². The highest BCUT2D eigenvalue weighted by Crippen LogP contribution is 2.32. The zero-order chi connectivity index (χ0) is 18.0. The van der Waals surface area contributed by atoms with Crippen molar-refractivity contribution in [3.63, 3.8) is 0 Å². The second-order valence-corrected chi connectivity index (χ2v) is 6.51. The lowest BCUT2D eigenvalue weighted by Crippen LogP contribution is -2.36. The van der Waals surface area contributed by atoms with Gasteiger partial charge in [0.1, 0.15) is 12.1 Å². The highest BCUT2D eigenvalue weighted by Gasteiger charge is 2.38. The van der Waals surface area contributed by atoms with Crippen LogP contribution < -0.4 is 4.74 Å². The minimum atomic E-state index is -0.146. The largest absolute Gasteiger partial charge is 0.483 e. The Kier molecular flexibility index (Phi) is 5.03. The van der Waals surface area contributed by atoms with Crippen molar-refractivity contribution in [1.82, 2.24) is 19.7 Å². The van der Waals surface area contributed by atoms with Crippen molar-refractivity contribution < 1.29 is 14.3 Å². The van der Waals surface area contributed by atoms with Gasteiger partial charge in [0.15, 0.2) is 12.4 Å². The molecule has 0 unspecified atom stereocenters. The molecule has 134 valence electrons. The van der Waals surface area contributed by atoms with E-state index in [2.05, 4.69) is 10.2 Å². The second kappa shape index (κ2) is 7.23. The van der Waals surface area contributed by atoms with Gasteiger partial charge < -0.3 is 18.9 Å². The number of methoxy groups -OCH3 is 1. The van der Waals surface area contributed by atoms with E-state index in [0.717, 1.165) is 22.7 Å². The third-order valence-corrected chi connectivity index (χ3v) is 4.66. The fraction of sp³-hybridized carbons (Fsp3) is 0.500. The van der Waals surface area contributed by atoms with Crippen LogP contribution in [0, 0.1) is 13.8 Å². The summed E-state index contributed by atoms with van der Waals surface area (Å²) in [5.41, 5.74) is 2.12. The molecular weight excluding hydrogens is 320 g/mol. The number of carbonyl (C=O) groups is 1. The average molecular weight is 344 g/mol. The van der Waals surface area contributed by atoms with Crippen LogP contribution in [0.1, 0.15) is 29.4 Å². The first-order valence-electron chi connectivity index (χ1n) is 8.35. The molecule has 0 saturated carbocycles. The van der Waals surface area contributed by atoms with E-state index in [1.165, 1.54) is 0 Å². The number of nitrogens with zero attached hydrogens (tertiary/aromatic N) is 4. The van der Waals surface area contributed by atoms with Crippen molar-refractivity contribution in [3.05, 3.63) is 41.5 Å². The molecule has 1 amide bonds. The van der Waals surface area contributed by atoms with Crippen molar-refractivity contribution in [3.8, 4) is 5.75 Å². The van der Waals surface area contributed by atoms with Crippen LogP contribution in [0.15, 0.2) is 24.5 Å². The van der Waals surface area contributed by atoms with Crippen LogP contribution in [0.25, 0.3) is 0 Å². The van der Waals surface area contributed by atoms with E-state index in [0.29, 0.717) is 13.0 Å². The predicted molar refractivity (Wildman–Crippen MR) is 92.3 cm³/mol. The summed E-state index contributed by atoms with van der Waals surface area (Å²) in [6.45, 7) is 4.50. The second-order valence-electron chi connectivity index (χ2n) is 6.51. The maximum absolute atomic E-state index is 12.8. The molecule has 1 saturated heterocycles.